The summed E-state index contributed by atoms with van der Waals surface area (Å²) in [5.74, 6) is -0.0457. The largest absolute Gasteiger partial charge is 0.352 e. The number of carbonyl (C=O) groups is 1. The quantitative estimate of drug-likeness (QED) is 0.795. The van der Waals surface area contributed by atoms with Crippen molar-refractivity contribution in [3.05, 3.63) is 0 Å². The van der Waals surface area contributed by atoms with Gasteiger partial charge in [-0.1, -0.05) is 32.6 Å². The van der Waals surface area contributed by atoms with Crippen LogP contribution in [0.3, 0.4) is 0 Å². The van der Waals surface area contributed by atoms with E-state index in [0.29, 0.717) is 0 Å². The van der Waals surface area contributed by atoms with Gasteiger partial charge in [0.25, 0.3) is 0 Å². The Balaban J connectivity index is 2.59. The van der Waals surface area contributed by atoms with Gasteiger partial charge in [-0.2, -0.15) is 5.26 Å². The fraction of sp³-hybridized carbons (Fsp3) is 0.846. The third-order valence-electron chi connectivity index (χ3n) is 3.45. The Hall–Kier alpha value is -1.04. The molecule has 0 radical (unpaired) electrons. The zero-order valence-corrected chi connectivity index (χ0v) is 10.4. The Morgan fingerprint density at radius 1 is 1.44 bits per heavy atom. The van der Waals surface area contributed by atoms with Crippen molar-refractivity contribution in [2.24, 2.45) is 5.41 Å². The fourth-order valence-corrected chi connectivity index (χ4v) is 2.41. The van der Waals surface area contributed by atoms with E-state index in [1.807, 2.05) is 6.92 Å². The van der Waals surface area contributed by atoms with Gasteiger partial charge in [-0.3, -0.25) is 4.79 Å². The van der Waals surface area contributed by atoms with Crippen LogP contribution in [0.4, 0.5) is 0 Å². The third-order valence-corrected chi connectivity index (χ3v) is 3.45. The number of rotatable bonds is 4. The summed E-state index contributed by atoms with van der Waals surface area (Å²) in [4.78, 5) is 12.1. The fourth-order valence-electron chi connectivity index (χ4n) is 2.41. The van der Waals surface area contributed by atoms with Crippen molar-refractivity contribution < 1.29 is 4.79 Å². The summed E-state index contributed by atoms with van der Waals surface area (Å²) in [6, 6.07) is 2.44. The number of hydrogen-bond acceptors (Lipinski definition) is 2. The lowest BCUT2D eigenvalue weighted by atomic mass is 9.74. The van der Waals surface area contributed by atoms with Gasteiger partial charge in [0, 0.05) is 6.04 Å². The van der Waals surface area contributed by atoms with E-state index < -0.39 is 5.41 Å². The molecule has 0 heterocycles. The van der Waals surface area contributed by atoms with E-state index in [1.165, 1.54) is 0 Å². The number of nitrogens with one attached hydrogen (secondary N) is 1. The summed E-state index contributed by atoms with van der Waals surface area (Å²) in [5, 5.41) is 12.2. The number of amides is 1. The molecule has 0 aromatic rings. The second-order valence-electron chi connectivity index (χ2n) is 4.92. The summed E-state index contributed by atoms with van der Waals surface area (Å²) in [6.07, 6.45) is 6.66. The Kier molecular flexibility index (Phi) is 4.79. The van der Waals surface area contributed by atoms with Gasteiger partial charge in [0.2, 0.25) is 5.91 Å². The van der Waals surface area contributed by atoms with Crippen LogP contribution in [0.5, 0.6) is 0 Å². The second-order valence-corrected chi connectivity index (χ2v) is 4.92. The summed E-state index contributed by atoms with van der Waals surface area (Å²) >= 11 is 0. The molecular formula is C13H22N2O. The van der Waals surface area contributed by atoms with Crippen molar-refractivity contribution in [2.45, 2.75) is 64.8 Å². The van der Waals surface area contributed by atoms with E-state index in [-0.39, 0.29) is 11.9 Å². The van der Waals surface area contributed by atoms with Crippen LogP contribution in [0.2, 0.25) is 0 Å². The maximum absolute atomic E-state index is 12.1. The van der Waals surface area contributed by atoms with Crippen LogP contribution in [0.15, 0.2) is 0 Å². The van der Waals surface area contributed by atoms with Gasteiger partial charge in [-0.15, -0.1) is 0 Å². The van der Waals surface area contributed by atoms with Crippen LogP contribution in [0.25, 0.3) is 0 Å². The summed E-state index contributed by atoms with van der Waals surface area (Å²) in [7, 11) is 0. The number of carbonyl (C=O) groups excluding carboxylic acids is 1. The van der Waals surface area contributed by atoms with Gasteiger partial charge in [-0.05, 0) is 26.2 Å². The van der Waals surface area contributed by atoms with E-state index in [0.717, 1.165) is 44.9 Å². The van der Waals surface area contributed by atoms with Crippen molar-refractivity contribution in [1.29, 1.82) is 5.26 Å². The molecule has 0 aromatic heterocycles. The van der Waals surface area contributed by atoms with E-state index in [4.69, 9.17) is 0 Å². The van der Waals surface area contributed by atoms with Gasteiger partial charge in [0.1, 0.15) is 5.41 Å². The first kappa shape index (κ1) is 13.0. The predicted molar refractivity (Wildman–Crippen MR) is 63.6 cm³/mol. The molecule has 16 heavy (non-hydrogen) atoms. The highest BCUT2D eigenvalue weighted by Crippen LogP contribution is 2.35. The topological polar surface area (TPSA) is 52.9 Å². The van der Waals surface area contributed by atoms with Crippen molar-refractivity contribution in [1.82, 2.24) is 5.32 Å². The van der Waals surface area contributed by atoms with E-state index in [2.05, 4.69) is 18.3 Å². The average Bonchev–Trinajstić information content (AvgIpc) is 2.30. The monoisotopic (exact) mass is 222 g/mol. The smallest absolute Gasteiger partial charge is 0.240 e. The SMILES string of the molecule is CCCC(C)NC(=O)C1(C#N)CCCCC1. The lowest BCUT2D eigenvalue weighted by molar-refractivity contribution is -0.130. The molecule has 1 saturated carbocycles. The molecule has 3 nitrogen and oxygen atoms in total. The van der Waals surface area contributed by atoms with Crippen molar-refractivity contribution in [2.75, 3.05) is 0 Å². The average molecular weight is 222 g/mol. The van der Waals surface area contributed by atoms with Crippen LogP contribution in [0.1, 0.15) is 58.8 Å². The molecule has 0 spiro atoms. The molecular weight excluding hydrogens is 200 g/mol. The number of nitriles is 1. The Morgan fingerprint density at radius 2 is 2.06 bits per heavy atom. The van der Waals surface area contributed by atoms with Crippen LogP contribution in [-0.2, 0) is 4.79 Å². The Labute approximate surface area is 98.2 Å². The minimum Gasteiger partial charge on any atom is -0.352 e. The standard InChI is InChI=1S/C13H22N2O/c1-3-7-11(2)15-12(16)13(10-14)8-5-4-6-9-13/h11H,3-9H2,1-2H3,(H,15,16). The molecule has 1 unspecified atom stereocenters. The molecule has 3 heteroatoms. The lowest BCUT2D eigenvalue weighted by Crippen LogP contribution is -2.45. The molecule has 0 saturated heterocycles. The first-order chi connectivity index (χ1) is 7.64. The molecule has 1 N–H and O–H groups in total. The van der Waals surface area contributed by atoms with E-state index in [1.54, 1.807) is 0 Å². The maximum atomic E-state index is 12.1. The normalized spacial score (nSPS) is 20.8. The van der Waals surface area contributed by atoms with Gasteiger partial charge < -0.3 is 5.32 Å². The second kappa shape index (κ2) is 5.89. The van der Waals surface area contributed by atoms with Crippen LogP contribution >= 0.6 is 0 Å². The van der Waals surface area contributed by atoms with Crippen LogP contribution < -0.4 is 5.32 Å². The Morgan fingerprint density at radius 3 is 2.56 bits per heavy atom. The number of nitrogens with zero attached hydrogens (tertiary/aromatic N) is 1. The zero-order valence-electron chi connectivity index (χ0n) is 10.4. The molecule has 1 rings (SSSR count). The molecule has 1 aliphatic carbocycles. The van der Waals surface area contributed by atoms with Gasteiger partial charge in [0.05, 0.1) is 6.07 Å². The van der Waals surface area contributed by atoms with E-state index >= 15 is 0 Å². The van der Waals surface area contributed by atoms with Crippen LogP contribution in [-0.4, -0.2) is 11.9 Å². The highest BCUT2D eigenvalue weighted by molar-refractivity contribution is 5.85. The molecule has 1 aliphatic rings. The number of hydrogen-bond donors (Lipinski definition) is 1. The van der Waals surface area contributed by atoms with E-state index in [9.17, 15) is 10.1 Å². The molecule has 0 aromatic carbocycles. The minimum atomic E-state index is -0.736. The van der Waals surface area contributed by atoms with Crippen molar-refractivity contribution in [3.8, 4) is 6.07 Å². The highest BCUT2D eigenvalue weighted by Gasteiger charge is 2.39. The molecule has 1 amide bonds. The van der Waals surface area contributed by atoms with Crippen LogP contribution in [0, 0.1) is 16.7 Å². The van der Waals surface area contributed by atoms with Gasteiger partial charge >= 0.3 is 0 Å². The van der Waals surface area contributed by atoms with Crippen molar-refractivity contribution >= 4 is 5.91 Å². The minimum absolute atomic E-state index is 0.0457. The third kappa shape index (κ3) is 2.98. The lowest BCUT2D eigenvalue weighted by Gasteiger charge is -2.30. The molecule has 90 valence electrons. The molecule has 1 fully saturated rings. The summed E-state index contributed by atoms with van der Waals surface area (Å²) in [5.41, 5.74) is -0.736. The predicted octanol–water partition coefficient (Wildman–Crippen LogP) is 2.77. The van der Waals surface area contributed by atoms with Crippen molar-refractivity contribution in [3.63, 3.8) is 0 Å². The zero-order chi connectivity index (χ0) is 12.0. The highest BCUT2D eigenvalue weighted by atomic mass is 16.2. The summed E-state index contributed by atoms with van der Waals surface area (Å²) in [6.45, 7) is 4.11. The van der Waals surface area contributed by atoms with Gasteiger partial charge in [0.15, 0.2) is 0 Å². The molecule has 1 atom stereocenters. The van der Waals surface area contributed by atoms with Gasteiger partial charge in [-0.25, -0.2) is 0 Å². The Bertz CT molecular complexity index is 274. The summed E-state index contributed by atoms with van der Waals surface area (Å²) < 4.78 is 0. The first-order valence-corrected chi connectivity index (χ1v) is 6.37. The molecule has 0 aliphatic heterocycles. The molecule has 0 bridgehead atoms. The first-order valence-electron chi connectivity index (χ1n) is 6.37. The maximum Gasteiger partial charge on any atom is 0.240 e.